The van der Waals surface area contributed by atoms with Crippen LogP contribution >= 0.6 is 24.0 Å². The van der Waals surface area contributed by atoms with Crippen molar-refractivity contribution in [1.29, 1.82) is 0 Å². The fourth-order valence-electron chi connectivity index (χ4n) is 3.12. The molecule has 2 aliphatic heterocycles. The summed E-state index contributed by atoms with van der Waals surface area (Å²) in [5, 5.41) is 4.09. The molecule has 0 radical (unpaired) electrons. The van der Waals surface area contributed by atoms with Crippen molar-refractivity contribution >= 4 is 29.9 Å². The first-order chi connectivity index (χ1) is 10.1. The maximum Gasteiger partial charge on any atom is 0.229 e. The minimum Gasteiger partial charge on any atom is -0.492 e. The van der Waals surface area contributed by atoms with Crippen molar-refractivity contribution in [3.63, 3.8) is 0 Å². The summed E-state index contributed by atoms with van der Waals surface area (Å²) >= 11 is 6.04. The molecule has 1 amide bonds. The number of amides is 1. The number of carbonyl (C=O) groups is 1. The van der Waals surface area contributed by atoms with Gasteiger partial charge < -0.3 is 15.0 Å². The van der Waals surface area contributed by atoms with Gasteiger partial charge in [-0.2, -0.15) is 0 Å². The Balaban J connectivity index is 0.00000176. The molecule has 0 aliphatic carbocycles. The van der Waals surface area contributed by atoms with Gasteiger partial charge in [-0.1, -0.05) is 11.6 Å². The standard InChI is InChI=1S/C16H21ClN2O2.ClH/c1-10-11(2)19(6-5-18-10)16(20)13-7-12-8-14(17)3-4-15(12)21-9-13;/h3-4,8,10-11,13,18H,5-7,9H2,1-2H3;1H. The first-order valence-corrected chi connectivity index (χ1v) is 7.89. The molecule has 3 unspecified atom stereocenters. The average Bonchev–Trinajstić information content (AvgIpc) is 2.48. The maximum atomic E-state index is 12.8. The molecule has 3 rings (SSSR count). The minimum absolute atomic E-state index is 0. The van der Waals surface area contributed by atoms with Crippen LogP contribution in [0.3, 0.4) is 0 Å². The monoisotopic (exact) mass is 344 g/mol. The quantitative estimate of drug-likeness (QED) is 0.851. The van der Waals surface area contributed by atoms with E-state index in [-0.39, 0.29) is 30.3 Å². The molecule has 2 aliphatic rings. The zero-order valence-corrected chi connectivity index (χ0v) is 14.4. The van der Waals surface area contributed by atoms with Crippen molar-refractivity contribution < 1.29 is 9.53 Å². The number of piperazine rings is 1. The fraction of sp³-hybridized carbons (Fsp3) is 0.562. The number of halogens is 2. The van der Waals surface area contributed by atoms with E-state index in [1.54, 1.807) is 0 Å². The van der Waals surface area contributed by atoms with E-state index in [1.807, 2.05) is 23.1 Å². The second-order valence-corrected chi connectivity index (χ2v) is 6.42. The summed E-state index contributed by atoms with van der Waals surface area (Å²) in [5.41, 5.74) is 1.03. The lowest BCUT2D eigenvalue weighted by Crippen LogP contribution is -2.59. The van der Waals surface area contributed by atoms with Gasteiger partial charge in [-0.05, 0) is 44.0 Å². The molecule has 1 aromatic carbocycles. The van der Waals surface area contributed by atoms with Gasteiger partial charge >= 0.3 is 0 Å². The number of rotatable bonds is 1. The number of nitrogens with one attached hydrogen (secondary N) is 1. The van der Waals surface area contributed by atoms with Gasteiger partial charge in [-0.3, -0.25) is 4.79 Å². The van der Waals surface area contributed by atoms with E-state index in [9.17, 15) is 4.79 Å². The molecule has 4 nitrogen and oxygen atoms in total. The maximum absolute atomic E-state index is 12.8. The van der Waals surface area contributed by atoms with Gasteiger partial charge in [0.05, 0.1) is 5.92 Å². The number of hydrogen-bond donors (Lipinski definition) is 1. The van der Waals surface area contributed by atoms with Gasteiger partial charge in [0.2, 0.25) is 5.91 Å². The molecule has 1 aromatic rings. The Morgan fingerprint density at radius 3 is 2.95 bits per heavy atom. The highest BCUT2D eigenvalue weighted by molar-refractivity contribution is 6.30. The molecule has 2 heterocycles. The van der Waals surface area contributed by atoms with Crippen molar-refractivity contribution in [3.8, 4) is 5.75 Å². The summed E-state index contributed by atoms with van der Waals surface area (Å²) in [7, 11) is 0. The summed E-state index contributed by atoms with van der Waals surface area (Å²) in [5.74, 6) is 0.940. The lowest BCUT2D eigenvalue weighted by molar-refractivity contribution is -0.140. The molecule has 0 bridgehead atoms. The molecular weight excluding hydrogens is 323 g/mol. The zero-order valence-electron chi connectivity index (χ0n) is 12.8. The predicted molar refractivity (Wildman–Crippen MR) is 90.0 cm³/mol. The summed E-state index contributed by atoms with van der Waals surface area (Å²) in [4.78, 5) is 14.8. The fourth-order valence-corrected chi connectivity index (χ4v) is 3.32. The molecule has 1 saturated heterocycles. The van der Waals surface area contributed by atoms with E-state index in [1.165, 1.54) is 0 Å². The second kappa shape index (κ2) is 7.07. The van der Waals surface area contributed by atoms with Crippen LogP contribution in [0.15, 0.2) is 18.2 Å². The van der Waals surface area contributed by atoms with Crippen LogP contribution in [0.25, 0.3) is 0 Å². The molecule has 0 saturated carbocycles. The molecule has 22 heavy (non-hydrogen) atoms. The van der Waals surface area contributed by atoms with Crippen LogP contribution in [0.1, 0.15) is 19.4 Å². The van der Waals surface area contributed by atoms with Gasteiger partial charge in [-0.25, -0.2) is 0 Å². The Hall–Kier alpha value is -0.970. The molecule has 1 fully saturated rings. The topological polar surface area (TPSA) is 41.6 Å². The molecule has 122 valence electrons. The zero-order chi connectivity index (χ0) is 15.0. The van der Waals surface area contributed by atoms with Crippen LogP contribution in [0, 0.1) is 5.92 Å². The van der Waals surface area contributed by atoms with Gasteiger partial charge in [0.15, 0.2) is 0 Å². The average molecular weight is 345 g/mol. The normalized spacial score (nSPS) is 27.4. The van der Waals surface area contributed by atoms with Gasteiger partial charge in [0.1, 0.15) is 12.4 Å². The van der Waals surface area contributed by atoms with E-state index in [0.29, 0.717) is 24.1 Å². The highest BCUT2D eigenvalue weighted by atomic mass is 35.5. The van der Waals surface area contributed by atoms with Crippen LogP contribution in [-0.2, 0) is 11.2 Å². The Labute approximate surface area is 142 Å². The first kappa shape index (κ1) is 17.4. The van der Waals surface area contributed by atoms with Crippen LogP contribution in [0.2, 0.25) is 5.02 Å². The highest BCUT2D eigenvalue weighted by Crippen LogP contribution is 2.31. The van der Waals surface area contributed by atoms with Crippen molar-refractivity contribution in [2.75, 3.05) is 19.7 Å². The number of nitrogens with zero attached hydrogens (tertiary/aromatic N) is 1. The molecule has 0 aromatic heterocycles. The van der Waals surface area contributed by atoms with Gasteiger partial charge in [-0.15, -0.1) is 12.4 Å². The Kier molecular flexibility index (Phi) is 5.59. The van der Waals surface area contributed by atoms with E-state index in [2.05, 4.69) is 19.2 Å². The molecular formula is C16H22Cl2N2O2. The SMILES string of the molecule is CC1NCCN(C(=O)C2COc3ccc(Cl)cc3C2)C1C.Cl. The van der Waals surface area contributed by atoms with E-state index in [0.717, 1.165) is 24.4 Å². The van der Waals surface area contributed by atoms with Gasteiger partial charge in [0.25, 0.3) is 0 Å². The molecule has 0 spiro atoms. The van der Waals surface area contributed by atoms with Gasteiger partial charge in [0, 0.05) is 30.2 Å². The Morgan fingerprint density at radius 1 is 1.41 bits per heavy atom. The van der Waals surface area contributed by atoms with Crippen molar-refractivity contribution in [1.82, 2.24) is 10.2 Å². The largest absolute Gasteiger partial charge is 0.492 e. The molecule has 3 atom stereocenters. The molecule has 1 N–H and O–H groups in total. The lowest BCUT2D eigenvalue weighted by atomic mass is 9.94. The number of fused-ring (bicyclic) bond motifs is 1. The number of ether oxygens (including phenoxy) is 1. The summed E-state index contributed by atoms with van der Waals surface area (Å²) < 4.78 is 5.74. The summed E-state index contributed by atoms with van der Waals surface area (Å²) in [6.45, 7) is 6.30. The second-order valence-electron chi connectivity index (χ2n) is 5.98. The number of carbonyl (C=O) groups excluding carboxylic acids is 1. The third-order valence-corrected chi connectivity index (χ3v) is 4.83. The van der Waals surface area contributed by atoms with E-state index in [4.69, 9.17) is 16.3 Å². The minimum atomic E-state index is -0.108. The first-order valence-electron chi connectivity index (χ1n) is 7.51. The van der Waals surface area contributed by atoms with Crippen LogP contribution in [0.4, 0.5) is 0 Å². The van der Waals surface area contributed by atoms with Crippen molar-refractivity contribution in [2.45, 2.75) is 32.4 Å². The summed E-state index contributed by atoms with van der Waals surface area (Å²) in [6.07, 6.45) is 0.708. The molecule has 6 heteroatoms. The lowest BCUT2D eigenvalue weighted by Gasteiger charge is -2.41. The number of hydrogen-bond acceptors (Lipinski definition) is 3. The summed E-state index contributed by atoms with van der Waals surface area (Å²) in [6, 6.07) is 6.15. The van der Waals surface area contributed by atoms with E-state index >= 15 is 0 Å². The van der Waals surface area contributed by atoms with Crippen molar-refractivity contribution in [2.24, 2.45) is 5.92 Å². The number of benzene rings is 1. The van der Waals surface area contributed by atoms with Crippen molar-refractivity contribution in [3.05, 3.63) is 28.8 Å². The third kappa shape index (κ3) is 3.34. The van der Waals surface area contributed by atoms with Crippen LogP contribution < -0.4 is 10.1 Å². The highest BCUT2D eigenvalue weighted by Gasteiger charge is 2.34. The smallest absolute Gasteiger partial charge is 0.229 e. The predicted octanol–water partition coefficient (Wildman–Crippen LogP) is 2.52. The van der Waals surface area contributed by atoms with E-state index < -0.39 is 0 Å². The third-order valence-electron chi connectivity index (χ3n) is 4.60. The van der Waals surface area contributed by atoms with Crippen LogP contribution in [0.5, 0.6) is 5.75 Å². The van der Waals surface area contributed by atoms with Crippen LogP contribution in [-0.4, -0.2) is 42.6 Å². The Bertz CT molecular complexity index is 553. The Morgan fingerprint density at radius 2 is 2.18 bits per heavy atom.